The molecule has 0 spiro atoms. The lowest BCUT2D eigenvalue weighted by Crippen LogP contribution is -2.45. The third-order valence-corrected chi connectivity index (χ3v) is 4.77. The van der Waals surface area contributed by atoms with E-state index in [-0.39, 0.29) is 12.4 Å². The zero-order chi connectivity index (χ0) is 16.9. The van der Waals surface area contributed by atoms with Gasteiger partial charge in [0.15, 0.2) is 0 Å². The van der Waals surface area contributed by atoms with Gasteiger partial charge >= 0.3 is 0 Å². The summed E-state index contributed by atoms with van der Waals surface area (Å²) in [7, 11) is 0. The fourth-order valence-electron chi connectivity index (χ4n) is 3.43. The second-order valence-corrected chi connectivity index (χ2v) is 6.43. The van der Waals surface area contributed by atoms with Crippen LogP contribution < -0.4 is 5.32 Å². The first-order valence-corrected chi connectivity index (χ1v) is 8.79. The van der Waals surface area contributed by atoms with Gasteiger partial charge in [-0.1, -0.05) is 36.4 Å². The molecule has 1 saturated heterocycles. The summed E-state index contributed by atoms with van der Waals surface area (Å²) in [6.45, 7) is 4.68. The van der Waals surface area contributed by atoms with Crippen LogP contribution in [0.4, 0.5) is 0 Å². The van der Waals surface area contributed by atoms with E-state index in [1.54, 1.807) is 0 Å². The number of imidazole rings is 1. The number of rotatable bonds is 5. The van der Waals surface area contributed by atoms with Crippen molar-refractivity contribution in [2.45, 2.75) is 19.1 Å². The van der Waals surface area contributed by atoms with E-state index in [2.05, 4.69) is 67.3 Å². The fourth-order valence-corrected chi connectivity index (χ4v) is 3.43. The van der Waals surface area contributed by atoms with Gasteiger partial charge < -0.3 is 9.88 Å². The normalized spacial score (nSPS) is 17.6. The molecule has 2 aromatic heterocycles. The summed E-state index contributed by atoms with van der Waals surface area (Å²) >= 11 is 0. The molecular weight excluding hydrogens is 346 g/mol. The van der Waals surface area contributed by atoms with Crippen LogP contribution in [0.2, 0.25) is 0 Å². The van der Waals surface area contributed by atoms with Gasteiger partial charge in [-0.15, -0.1) is 12.4 Å². The maximum absolute atomic E-state index is 4.62. The summed E-state index contributed by atoms with van der Waals surface area (Å²) in [4.78, 5) is 11.4. The van der Waals surface area contributed by atoms with Gasteiger partial charge in [0.25, 0.3) is 0 Å². The smallest absolute Gasteiger partial charge is 0.123 e. The zero-order valence-corrected chi connectivity index (χ0v) is 15.5. The minimum absolute atomic E-state index is 0. The molecule has 3 aromatic rings. The number of pyridine rings is 1. The van der Waals surface area contributed by atoms with Gasteiger partial charge in [0.1, 0.15) is 5.82 Å². The Morgan fingerprint density at radius 3 is 2.73 bits per heavy atom. The molecular formula is C20H24ClN5. The van der Waals surface area contributed by atoms with Crippen LogP contribution in [0.1, 0.15) is 23.0 Å². The summed E-state index contributed by atoms with van der Waals surface area (Å²) in [5.74, 6) is 1.11. The molecule has 1 atom stereocenters. The van der Waals surface area contributed by atoms with Crippen molar-refractivity contribution in [2.75, 3.05) is 19.6 Å². The SMILES string of the molecule is Cl.c1ccc(Cn2ccnc2CN2CCNCC2c2cccnc2)cc1. The minimum Gasteiger partial charge on any atom is -0.329 e. The molecule has 1 N–H and O–H groups in total. The maximum atomic E-state index is 4.62. The highest BCUT2D eigenvalue weighted by Crippen LogP contribution is 2.23. The minimum atomic E-state index is 0. The highest BCUT2D eigenvalue weighted by atomic mass is 35.5. The number of hydrogen-bond donors (Lipinski definition) is 1. The molecule has 136 valence electrons. The van der Waals surface area contributed by atoms with Crippen LogP contribution in [0.25, 0.3) is 0 Å². The maximum Gasteiger partial charge on any atom is 0.123 e. The van der Waals surface area contributed by atoms with Crippen molar-refractivity contribution in [1.82, 2.24) is 24.8 Å². The number of aromatic nitrogens is 3. The van der Waals surface area contributed by atoms with Crippen LogP contribution in [0.3, 0.4) is 0 Å². The first-order valence-electron chi connectivity index (χ1n) is 8.79. The van der Waals surface area contributed by atoms with Crippen LogP contribution >= 0.6 is 12.4 Å². The predicted molar refractivity (Wildman–Crippen MR) is 105 cm³/mol. The lowest BCUT2D eigenvalue weighted by molar-refractivity contribution is 0.148. The van der Waals surface area contributed by atoms with Crippen molar-refractivity contribution in [2.24, 2.45) is 0 Å². The van der Waals surface area contributed by atoms with Gasteiger partial charge in [-0.25, -0.2) is 4.98 Å². The van der Waals surface area contributed by atoms with Crippen molar-refractivity contribution in [3.8, 4) is 0 Å². The topological polar surface area (TPSA) is 46.0 Å². The monoisotopic (exact) mass is 369 g/mol. The highest BCUT2D eigenvalue weighted by molar-refractivity contribution is 5.85. The first kappa shape index (κ1) is 18.6. The summed E-state index contributed by atoms with van der Waals surface area (Å²) in [6, 6.07) is 15.1. The molecule has 4 rings (SSSR count). The number of nitrogens with one attached hydrogen (secondary N) is 1. The lowest BCUT2D eigenvalue weighted by atomic mass is 10.1. The molecule has 0 radical (unpaired) electrons. The van der Waals surface area contributed by atoms with E-state index in [0.717, 1.165) is 38.5 Å². The average molecular weight is 370 g/mol. The summed E-state index contributed by atoms with van der Waals surface area (Å²) in [6.07, 6.45) is 7.78. The molecule has 0 bridgehead atoms. The largest absolute Gasteiger partial charge is 0.329 e. The van der Waals surface area contributed by atoms with E-state index >= 15 is 0 Å². The van der Waals surface area contributed by atoms with Crippen LogP contribution in [0, 0.1) is 0 Å². The number of nitrogens with zero attached hydrogens (tertiary/aromatic N) is 4. The fraction of sp³-hybridized carbons (Fsp3) is 0.300. The van der Waals surface area contributed by atoms with Crippen LogP contribution in [0.5, 0.6) is 0 Å². The molecule has 0 aliphatic carbocycles. The Morgan fingerprint density at radius 1 is 1.04 bits per heavy atom. The van der Waals surface area contributed by atoms with E-state index in [1.807, 2.05) is 24.7 Å². The second-order valence-electron chi connectivity index (χ2n) is 6.43. The van der Waals surface area contributed by atoms with Crippen molar-refractivity contribution >= 4 is 12.4 Å². The lowest BCUT2D eigenvalue weighted by Gasteiger charge is -2.36. The van der Waals surface area contributed by atoms with E-state index in [1.165, 1.54) is 11.1 Å². The van der Waals surface area contributed by atoms with Gasteiger partial charge in [0, 0.05) is 57.0 Å². The third-order valence-electron chi connectivity index (χ3n) is 4.77. The molecule has 3 heterocycles. The molecule has 1 unspecified atom stereocenters. The molecule has 0 saturated carbocycles. The molecule has 1 aromatic carbocycles. The second kappa shape index (κ2) is 8.94. The summed E-state index contributed by atoms with van der Waals surface area (Å²) < 4.78 is 2.25. The van der Waals surface area contributed by atoms with Gasteiger partial charge in [-0.05, 0) is 17.2 Å². The Balaban J connectivity index is 0.00000196. The number of benzene rings is 1. The van der Waals surface area contributed by atoms with Crippen LogP contribution in [-0.4, -0.2) is 39.1 Å². The summed E-state index contributed by atoms with van der Waals surface area (Å²) in [5, 5.41) is 3.50. The van der Waals surface area contributed by atoms with Crippen molar-refractivity contribution in [1.29, 1.82) is 0 Å². The number of piperazine rings is 1. The number of hydrogen-bond acceptors (Lipinski definition) is 4. The Morgan fingerprint density at radius 2 is 1.92 bits per heavy atom. The zero-order valence-electron chi connectivity index (χ0n) is 14.7. The highest BCUT2D eigenvalue weighted by Gasteiger charge is 2.25. The van der Waals surface area contributed by atoms with Crippen molar-refractivity contribution in [3.63, 3.8) is 0 Å². The van der Waals surface area contributed by atoms with E-state index in [9.17, 15) is 0 Å². The van der Waals surface area contributed by atoms with Crippen LogP contribution in [-0.2, 0) is 13.1 Å². The Labute approximate surface area is 160 Å². The third kappa shape index (κ3) is 4.30. The van der Waals surface area contributed by atoms with E-state index in [0.29, 0.717) is 6.04 Å². The summed E-state index contributed by atoms with van der Waals surface area (Å²) in [5.41, 5.74) is 2.56. The van der Waals surface area contributed by atoms with Crippen molar-refractivity contribution < 1.29 is 0 Å². The molecule has 26 heavy (non-hydrogen) atoms. The number of halogens is 1. The van der Waals surface area contributed by atoms with Gasteiger partial charge in [0.2, 0.25) is 0 Å². The quantitative estimate of drug-likeness (QED) is 0.751. The van der Waals surface area contributed by atoms with Crippen molar-refractivity contribution in [3.05, 3.63) is 84.2 Å². The Hall–Kier alpha value is -2.21. The first-order chi connectivity index (χ1) is 12.4. The average Bonchev–Trinajstić information content (AvgIpc) is 3.10. The van der Waals surface area contributed by atoms with Gasteiger partial charge in [0.05, 0.1) is 6.54 Å². The molecule has 6 heteroatoms. The molecule has 1 aliphatic heterocycles. The Bertz CT molecular complexity index is 790. The standard InChI is InChI=1S/C20H23N5.ClH/c1-2-5-17(6-3-1)15-25-12-10-23-20(25)16-24-11-9-22-14-19(24)18-7-4-8-21-13-18;/h1-8,10,12-13,19,22H,9,11,14-16H2;1H. The Kier molecular flexibility index (Phi) is 6.39. The predicted octanol–water partition coefficient (Wildman–Crippen LogP) is 2.89. The molecule has 5 nitrogen and oxygen atoms in total. The van der Waals surface area contributed by atoms with E-state index in [4.69, 9.17) is 0 Å². The molecule has 0 amide bonds. The van der Waals surface area contributed by atoms with Crippen LogP contribution in [0.15, 0.2) is 67.3 Å². The molecule has 1 aliphatic rings. The van der Waals surface area contributed by atoms with E-state index < -0.39 is 0 Å². The molecule has 1 fully saturated rings. The van der Waals surface area contributed by atoms with Gasteiger partial charge in [-0.2, -0.15) is 0 Å². The van der Waals surface area contributed by atoms with Gasteiger partial charge in [-0.3, -0.25) is 9.88 Å².